The van der Waals surface area contributed by atoms with Gasteiger partial charge in [0.25, 0.3) is 0 Å². The van der Waals surface area contributed by atoms with Crippen LogP contribution in [0.4, 0.5) is 0 Å². The molecule has 1 aromatic rings. The van der Waals surface area contributed by atoms with Crippen molar-refractivity contribution in [3.8, 4) is 0 Å². The molecule has 4 nitrogen and oxygen atoms in total. The third kappa shape index (κ3) is 4.07. The zero-order valence-corrected chi connectivity index (χ0v) is 15.3. The van der Waals surface area contributed by atoms with Gasteiger partial charge in [-0.05, 0) is 43.8 Å². The smallest absolute Gasteiger partial charge is 0.183 e. The summed E-state index contributed by atoms with van der Waals surface area (Å²) in [5, 5.41) is 0. The van der Waals surface area contributed by atoms with Crippen LogP contribution < -0.4 is 5.73 Å². The fourth-order valence-corrected chi connectivity index (χ4v) is 3.35. The Balaban J connectivity index is 1.96. The summed E-state index contributed by atoms with van der Waals surface area (Å²) in [6.07, 6.45) is 0. The van der Waals surface area contributed by atoms with Gasteiger partial charge in [-0.1, -0.05) is 13.8 Å². The number of rotatable bonds is 5. The van der Waals surface area contributed by atoms with Crippen molar-refractivity contribution in [2.24, 2.45) is 11.7 Å². The second-order valence-corrected chi connectivity index (χ2v) is 7.33. The van der Waals surface area contributed by atoms with E-state index >= 15 is 0 Å². The van der Waals surface area contributed by atoms with E-state index in [1.165, 1.54) is 6.54 Å². The Hall–Kier alpha value is 0.120. The number of piperazine rings is 1. The van der Waals surface area contributed by atoms with Gasteiger partial charge in [0, 0.05) is 39.3 Å². The second kappa shape index (κ2) is 7.40. The minimum absolute atomic E-state index is 0.166. The van der Waals surface area contributed by atoms with E-state index in [9.17, 15) is 0 Å². The Bertz CT molecular complexity index is 409. The maximum Gasteiger partial charge on any atom is 0.183 e. The quantitative estimate of drug-likeness (QED) is 0.813. The summed E-state index contributed by atoms with van der Waals surface area (Å²) in [5.41, 5.74) is 5.96. The Morgan fingerprint density at radius 2 is 1.90 bits per heavy atom. The van der Waals surface area contributed by atoms with E-state index in [4.69, 9.17) is 10.2 Å². The van der Waals surface area contributed by atoms with Crippen LogP contribution in [-0.2, 0) is 0 Å². The van der Waals surface area contributed by atoms with Gasteiger partial charge in [-0.25, -0.2) is 0 Å². The lowest BCUT2D eigenvalue weighted by atomic mass is 10.1. The molecular weight excluding hydrogens is 386 g/mol. The van der Waals surface area contributed by atoms with Gasteiger partial charge in [0.05, 0.1) is 10.5 Å². The van der Waals surface area contributed by atoms with Crippen molar-refractivity contribution < 1.29 is 4.42 Å². The first-order valence-corrected chi connectivity index (χ1v) is 8.71. The normalized spacial score (nSPS) is 19.7. The van der Waals surface area contributed by atoms with Crippen molar-refractivity contribution in [1.82, 2.24) is 9.80 Å². The highest BCUT2D eigenvalue weighted by Gasteiger charge is 2.27. The van der Waals surface area contributed by atoms with Gasteiger partial charge in [0.2, 0.25) is 0 Å². The highest BCUT2D eigenvalue weighted by Crippen LogP contribution is 2.32. The van der Waals surface area contributed by atoms with E-state index < -0.39 is 0 Å². The molecule has 1 saturated heterocycles. The van der Waals surface area contributed by atoms with Gasteiger partial charge in [-0.3, -0.25) is 4.90 Å². The van der Waals surface area contributed by atoms with Crippen LogP contribution in [0.25, 0.3) is 0 Å². The van der Waals surface area contributed by atoms with E-state index in [0.717, 1.165) is 47.0 Å². The summed E-state index contributed by atoms with van der Waals surface area (Å²) in [6.45, 7) is 10.6. The largest absolute Gasteiger partial charge is 0.451 e. The number of halogens is 2. The summed E-state index contributed by atoms with van der Waals surface area (Å²) in [6, 6.07) is 2.18. The van der Waals surface area contributed by atoms with Gasteiger partial charge in [0.1, 0.15) is 5.76 Å². The number of hydrogen-bond donors (Lipinski definition) is 1. The predicted molar refractivity (Wildman–Crippen MR) is 88.8 cm³/mol. The number of nitrogens with two attached hydrogens (primary N) is 1. The average Bonchev–Trinajstić information content (AvgIpc) is 2.72. The van der Waals surface area contributed by atoms with Crippen LogP contribution >= 0.6 is 31.9 Å². The van der Waals surface area contributed by atoms with Crippen LogP contribution in [0.1, 0.15) is 25.6 Å². The summed E-state index contributed by atoms with van der Waals surface area (Å²) in [7, 11) is 0. The lowest BCUT2D eigenvalue weighted by molar-refractivity contribution is 0.0827. The molecule has 0 saturated carbocycles. The molecule has 1 unspecified atom stereocenters. The SMILES string of the molecule is CC(C)CN1CCN(C(CN)c2cc(Br)c(Br)o2)CC1. The molecule has 0 bridgehead atoms. The molecule has 20 heavy (non-hydrogen) atoms. The zero-order valence-electron chi connectivity index (χ0n) is 12.1. The van der Waals surface area contributed by atoms with E-state index in [2.05, 4.69) is 55.5 Å². The lowest BCUT2D eigenvalue weighted by Crippen LogP contribution is -2.49. The lowest BCUT2D eigenvalue weighted by Gasteiger charge is -2.38. The van der Waals surface area contributed by atoms with Gasteiger partial charge < -0.3 is 15.1 Å². The first-order chi connectivity index (χ1) is 9.51. The van der Waals surface area contributed by atoms with Crippen molar-refractivity contribution in [3.63, 3.8) is 0 Å². The van der Waals surface area contributed by atoms with Crippen molar-refractivity contribution in [1.29, 1.82) is 0 Å². The van der Waals surface area contributed by atoms with E-state index in [-0.39, 0.29) is 6.04 Å². The molecule has 114 valence electrons. The van der Waals surface area contributed by atoms with Crippen LogP contribution in [0.5, 0.6) is 0 Å². The fraction of sp³-hybridized carbons (Fsp3) is 0.714. The number of furan rings is 1. The Labute approximate surface area is 137 Å². The predicted octanol–water partition coefficient (Wildman–Crippen LogP) is 3.08. The van der Waals surface area contributed by atoms with Crippen molar-refractivity contribution in [3.05, 3.63) is 21.0 Å². The van der Waals surface area contributed by atoms with Crippen LogP contribution in [0.2, 0.25) is 0 Å². The molecule has 0 amide bonds. The molecule has 1 aromatic heterocycles. The molecule has 1 aliphatic rings. The number of hydrogen-bond acceptors (Lipinski definition) is 4. The first-order valence-electron chi connectivity index (χ1n) is 7.12. The topological polar surface area (TPSA) is 45.6 Å². The molecular formula is C14H23Br2N3O. The molecule has 0 aromatic carbocycles. The Morgan fingerprint density at radius 1 is 1.25 bits per heavy atom. The molecule has 0 aliphatic carbocycles. The Morgan fingerprint density at radius 3 is 2.35 bits per heavy atom. The van der Waals surface area contributed by atoms with Gasteiger partial charge in [0.15, 0.2) is 4.67 Å². The van der Waals surface area contributed by atoms with Crippen LogP contribution in [0, 0.1) is 5.92 Å². The number of nitrogens with zero attached hydrogens (tertiary/aromatic N) is 2. The molecule has 0 radical (unpaired) electrons. The highest BCUT2D eigenvalue weighted by molar-refractivity contribution is 9.13. The molecule has 2 N–H and O–H groups in total. The Kier molecular flexibility index (Phi) is 6.10. The van der Waals surface area contributed by atoms with E-state index in [0.29, 0.717) is 6.54 Å². The molecule has 6 heteroatoms. The monoisotopic (exact) mass is 407 g/mol. The van der Waals surface area contributed by atoms with Gasteiger partial charge >= 0.3 is 0 Å². The molecule has 0 spiro atoms. The maximum atomic E-state index is 5.96. The molecule has 2 rings (SSSR count). The van der Waals surface area contributed by atoms with Crippen LogP contribution in [-0.4, -0.2) is 49.1 Å². The van der Waals surface area contributed by atoms with Crippen LogP contribution in [0.15, 0.2) is 19.6 Å². The summed E-state index contributed by atoms with van der Waals surface area (Å²) in [5.74, 6) is 1.66. The first kappa shape index (κ1) is 16.5. The molecule has 1 fully saturated rings. The van der Waals surface area contributed by atoms with Crippen molar-refractivity contribution in [2.75, 3.05) is 39.3 Å². The average molecular weight is 409 g/mol. The zero-order chi connectivity index (χ0) is 14.7. The minimum atomic E-state index is 0.166. The summed E-state index contributed by atoms with van der Waals surface area (Å²) >= 11 is 6.86. The van der Waals surface area contributed by atoms with E-state index in [1.807, 2.05) is 6.07 Å². The summed E-state index contributed by atoms with van der Waals surface area (Å²) < 4.78 is 7.44. The van der Waals surface area contributed by atoms with Crippen molar-refractivity contribution in [2.45, 2.75) is 19.9 Å². The van der Waals surface area contributed by atoms with Gasteiger partial charge in [-0.2, -0.15) is 0 Å². The maximum absolute atomic E-state index is 5.96. The standard InChI is InChI=1S/C14H23Br2N3O/c1-10(2)9-18-3-5-19(6-4-18)12(8-17)13-7-11(15)14(16)20-13/h7,10,12H,3-6,8-9,17H2,1-2H3. The van der Waals surface area contributed by atoms with E-state index in [1.54, 1.807) is 0 Å². The van der Waals surface area contributed by atoms with Crippen molar-refractivity contribution >= 4 is 31.9 Å². The van der Waals surface area contributed by atoms with Gasteiger partial charge in [-0.15, -0.1) is 0 Å². The third-order valence-electron chi connectivity index (χ3n) is 3.69. The highest BCUT2D eigenvalue weighted by atomic mass is 79.9. The third-order valence-corrected chi connectivity index (χ3v) is 5.40. The van der Waals surface area contributed by atoms with Crippen LogP contribution in [0.3, 0.4) is 0 Å². The summed E-state index contributed by atoms with van der Waals surface area (Å²) in [4.78, 5) is 4.96. The minimum Gasteiger partial charge on any atom is -0.451 e. The fourth-order valence-electron chi connectivity index (χ4n) is 2.75. The second-order valence-electron chi connectivity index (χ2n) is 5.75. The molecule has 1 atom stereocenters. The molecule has 2 heterocycles. The molecule has 1 aliphatic heterocycles.